The first-order chi connectivity index (χ1) is 9.80. The highest BCUT2D eigenvalue weighted by Gasteiger charge is 2.20. The van der Waals surface area contributed by atoms with Crippen molar-refractivity contribution in [1.29, 1.82) is 0 Å². The number of nitrogens with zero attached hydrogens (tertiary/aromatic N) is 1. The van der Waals surface area contributed by atoms with Gasteiger partial charge in [0.05, 0.1) is 0 Å². The molecule has 3 heteroatoms. The lowest BCUT2D eigenvalue weighted by atomic mass is 10.0. The molecule has 1 heterocycles. The van der Waals surface area contributed by atoms with Crippen LogP contribution in [-0.2, 0) is 0 Å². The Hall–Kier alpha value is -1.61. The molecular weight excluding hydrogens is 248 g/mol. The Kier molecular flexibility index (Phi) is 5.36. The third kappa shape index (κ3) is 3.28. The van der Waals surface area contributed by atoms with E-state index in [4.69, 9.17) is 4.74 Å². The summed E-state index contributed by atoms with van der Waals surface area (Å²) in [6, 6.07) is 10.5. The van der Waals surface area contributed by atoms with Crippen LogP contribution >= 0.6 is 0 Å². The summed E-state index contributed by atoms with van der Waals surface area (Å²) >= 11 is 0. The summed E-state index contributed by atoms with van der Waals surface area (Å²) < 4.78 is 6.26. The summed E-state index contributed by atoms with van der Waals surface area (Å²) in [7, 11) is 2.01. The largest absolute Gasteiger partial charge is 0.487 e. The van der Waals surface area contributed by atoms with Crippen LogP contribution in [-0.4, -0.2) is 24.2 Å². The van der Waals surface area contributed by atoms with Crippen molar-refractivity contribution in [3.8, 4) is 5.75 Å². The van der Waals surface area contributed by atoms with Gasteiger partial charge >= 0.3 is 0 Å². The molecule has 2 atom stereocenters. The monoisotopic (exact) mass is 272 g/mol. The summed E-state index contributed by atoms with van der Waals surface area (Å²) in [5.74, 6) is 0.881. The number of benzene rings is 1. The normalized spacial score (nSPS) is 14.2. The fraction of sp³-hybridized carbons (Fsp3) is 0.471. The molecule has 0 aliphatic rings. The topological polar surface area (TPSA) is 34.1 Å². The quantitative estimate of drug-likeness (QED) is 0.833. The number of rotatable bonds is 7. The maximum atomic E-state index is 6.26. The van der Waals surface area contributed by atoms with Gasteiger partial charge in [-0.3, -0.25) is 4.98 Å². The minimum atomic E-state index is 0.174. The minimum Gasteiger partial charge on any atom is -0.487 e. The van der Waals surface area contributed by atoms with Gasteiger partial charge in [-0.25, -0.2) is 0 Å². The van der Waals surface area contributed by atoms with Gasteiger partial charge < -0.3 is 10.1 Å². The zero-order chi connectivity index (χ0) is 14.4. The van der Waals surface area contributed by atoms with Gasteiger partial charge in [0.15, 0.2) is 0 Å². The Bertz CT molecular complexity index is 536. The maximum absolute atomic E-state index is 6.26. The van der Waals surface area contributed by atoms with E-state index in [1.165, 1.54) is 0 Å². The maximum Gasteiger partial charge on any atom is 0.146 e. The van der Waals surface area contributed by atoms with Crippen LogP contribution in [0.15, 0.2) is 36.5 Å². The Balaban J connectivity index is 2.25. The second kappa shape index (κ2) is 7.25. The number of fused-ring (bicyclic) bond motifs is 1. The van der Waals surface area contributed by atoms with E-state index in [1.54, 1.807) is 0 Å². The molecule has 0 saturated heterocycles. The number of hydrogen-bond acceptors (Lipinski definition) is 3. The Labute approximate surface area is 121 Å². The molecule has 2 rings (SSSR count). The highest BCUT2D eigenvalue weighted by molar-refractivity contribution is 5.84. The molecular formula is C17H24N2O. The lowest BCUT2D eigenvalue weighted by Gasteiger charge is -2.27. The number of pyridine rings is 1. The molecule has 1 N–H and O–H groups in total. The van der Waals surface area contributed by atoms with E-state index in [1.807, 2.05) is 31.4 Å². The smallest absolute Gasteiger partial charge is 0.146 e. The van der Waals surface area contributed by atoms with Crippen molar-refractivity contribution in [2.75, 3.05) is 7.05 Å². The zero-order valence-corrected chi connectivity index (χ0v) is 12.6. The first kappa shape index (κ1) is 14.8. The first-order valence-electron chi connectivity index (χ1n) is 7.47. The fourth-order valence-electron chi connectivity index (χ4n) is 2.61. The fourth-order valence-corrected chi connectivity index (χ4v) is 2.61. The third-order valence-electron chi connectivity index (χ3n) is 3.70. The standard InChI is InChI=1S/C17H24N2O/c1-4-8-14(18-3)15(5-2)20-16-11-6-9-13-10-7-12-19-17(13)16/h6-7,9-12,14-15,18H,4-5,8H2,1-3H3. The number of hydrogen-bond donors (Lipinski definition) is 1. The van der Waals surface area contributed by atoms with Crippen molar-refractivity contribution in [3.63, 3.8) is 0 Å². The van der Waals surface area contributed by atoms with Crippen LogP contribution in [0.1, 0.15) is 33.1 Å². The predicted molar refractivity (Wildman–Crippen MR) is 84.2 cm³/mol. The van der Waals surface area contributed by atoms with Gasteiger partial charge in [0, 0.05) is 17.6 Å². The molecule has 3 nitrogen and oxygen atoms in total. The number of likely N-dealkylation sites (N-methyl/N-ethyl adjacent to an activating group) is 1. The first-order valence-corrected chi connectivity index (χ1v) is 7.47. The molecule has 2 aromatic rings. The molecule has 0 aliphatic heterocycles. The summed E-state index contributed by atoms with van der Waals surface area (Å²) in [6.07, 6.45) is 5.24. The van der Waals surface area contributed by atoms with Crippen molar-refractivity contribution >= 4 is 10.9 Å². The Morgan fingerprint density at radius 1 is 1.20 bits per heavy atom. The minimum absolute atomic E-state index is 0.174. The number of aromatic nitrogens is 1. The van der Waals surface area contributed by atoms with E-state index >= 15 is 0 Å². The lowest BCUT2D eigenvalue weighted by molar-refractivity contribution is 0.148. The second-order valence-electron chi connectivity index (χ2n) is 5.08. The SMILES string of the molecule is CCCC(NC)C(CC)Oc1cccc2cccnc12. The van der Waals surface area contributed by atoms with Gasteiger partial charge in [-0.15, -0.1) is 0 Å². The average molecular weight is 272 g/mol. The number of nitrogens with one attached hydrogen (secondary N) is 1. The molecule has 0 aliphatic carbocycles. The van der Waals surface area contributed by atoms with Crippen molar-refractivity contribution < 1.29 is 4.74 Å². The van der Waals surface area contributed by atoms with E-state index in [2.05, 4.69) is 36.3 Å². The van der Waals surface area contributed by atoms with Crippen molar-refractivity contribution in [2.24, 2.45) is 0 Å². The predicted octanol–water partition coefficient (Wildman–Crippen LogP) is 3.78. The van der Waals surface area contributed by atoms with E-state index in [0.29, 0.717) is 6.04 Å². The van der Waals surface area contributed by atoms with Crippen LogP contribution in [0.4, 0.5) is 0 Å². The van der Waals surface area contributed by atoms with Gasteiger partial charge in [0.25, 0.3) is 0 Å². The van der Waals surface area contributed by atoms with Crippen LogP contribution < -0.4 is 10.1 Å². The molecule has 0 bridgehead atoms. The summed E-state index contributed by atoms with van der Waals surface area (Å²) in [5.41, 5.74) is 0.944. The van der Waals surface area contributed by atoms with Crippen LogP contribution in [0.3, 0.4) is 0 Å². The molecule has 0 saturated carbocycles. The molecule has 0 spiro atoms. The molecule has 0 fully saturated rings. The van der Waals surface area contributed by atoms with Crippen molar-refractivity contribution in [2.45, 2.75) is 45.3 Å². The van der Waals surface area contributed by atoms with Gasteiger partial charge in [-0.2, -0.15) is 0 Å². The summed E-state index contributed by atoms with van der Waals surface area (Å²) in [6.45, 7) is 4.37. The van der Waals surface area contributed by atoms with Crippen molar-refractivity contribution in [3.05, 3.63) is 36.5 Å². The van der Waals surface area contributed by atoms with Gasteiger partial charge in [0.1, 0.15) is 17.4 Å². The average Bonchev–Trinajstić information content (AvgIpc) is 2.50. The molecule has 1 aromatic heterocycles. The van der Waals surface area contributed by atoms with Crippen LogP contribution in [0, 0.1) is 0 Å². The van der Waals surface area contributed by atoms with E-state index in [-0.39, 0.29) is 6.10 Å². The van der Waals surface area contributed by atoms with Gasteiger partial charge in [0.2, 0.25) is 0 Å². The highest BCUT2D eigenvalue weighted by atomic mass is 16.5. The third-order valence-corrected chi connectivity index (χ3v) is 3.70. The molecule has 20 heavy (non-hydrogen) atoms. The molecule has 0 amide bonds. The zero-order valence-electron chi connectivity index (χ0n) is 12.6. The van der Waals surface area contributed by atoms with Crippen LogP contribution in [0.2, 0.25) is 0 Å². The number of ether oxygens (including phenoxy) is 1. The summed E-state index contributed by atoms with van der Waals surface area (Å²) in [5, 5.41) is 4.50. The Morgan fingerprint density at radius 2 is 2.00 bits per heavy atom. The van der Waals surface area contributed by atoms with Crippen molar-refractivity contribution in [1.82, 2.24) is 10.3 Å². The van der Waals surface area contributed by atoms with Crippen LogP contribution in [0.5, 0.6) is 5.75 Å². The molecule has 1 aromatic carbocycles. The summed E-state index contributed by atoms with van der Waals surface area (Å²) in [4.78, 5) is 4.45. The molecule has 108 valence electrons. The van der Waals surface area contributed by atoms with Gasteiger partial charge in [-0.05, 0) is 32.0 Å². The van der Waals surface area contributed by atoms with E-state index in [0.717, 1.165) is 35.9 Å². The van der Waals surface area contributed by atoms with E-state index < -0.39 is 0 Å². The van der Waals surface area contributed by atoms with E-state index in [9.17, 15) is 0 Å². The molecule has 0 radical (unpaired) electrons. The van der Waals surface area contributed by atoms with Gasteiger partial charge in [-0.1, -0.05) is 38.5 Å². The number of para-hydroxylation sites is 1. The molecule has 2 unspecified atom stereocenters. The second-order valence-corrected chi connectivity index (χ2v) is 5.08. The van der Waals surface area contributed by atoms with Crippen LogP contribution in [0.25, 0.3) is 10.9 Å². The lowest BCUT2D eigenvalue weighted by Crippen LogP contribution is -2.40. The Morgan fingerprint density at radius 3 is 2.70 bits per heavy atom. The highest BCUT2D eigenvalue weighted by Crippen LogP contribution is 2.25.